The van der Waals surface area contributed by atoms with Crippen LogP contribution in [0.2, 0.25) is 0 Å². The van der Waals surface area contributed by atoms with E-state index in [0.29, 0.717) is 0 Å². The number of aliphatic hydroxyl groups is 2. The van der Waals surface area contributed by atoms with Crippen molar-refractivity contribution in [3.05, 3.63) is 10.4 Å². The van der Waals surface area contributed by atoms with E-state index in [4.69, 9.17) is 20.1 Å². The smallest absolute Gasteiger partial charge is 0.183 e. The molecule has 0 aromatic heterocycles. The van der Waals surface area contributed by atoms with Gasteiger partial charge in [0.1, 0.15) is 18.3 Å². The normalized spacial score (nSPS) is 48.6. The van der Waals surface area contributed by atoms with Crippen molar-refractivity contribution >= 4 is 0 Å². The minimum absolute atomic E-state index is 0.225. The van der Waals surface area contributed by atoms with E-state index in [0.717, 1.165) is 0 Å². The van der Waals surface area contributed by atoms with Crippen LogP contribution in [-0.2, 0) is 9.47 Å². The highest BCUT2D eigenvalue weighted by Crippen LogP contribution is 2.31. The molecular weight excluding hydrogens is 178 g/mol. The number of fused-ring (bicyclic) bond motifs is 1. The van der Waals surface area contributed by atoms with Crippen molar-refractivity contribution in [2.24, 2.45) is 5.11 Å². The van der Waals surface area contributed by atoms with Crippen molar-refractivity contribution in [1.82, 2.24) is 0 Å². The Morgan fingerprint density at radius 1 is 1.38 bits per heavy atom. The molecule has 7 heteroatoms. The average Bonchev–Trinajstić information content (AvgIpc) is 2.59. The third-order valence-corrected chi connectivity index (χ3v) is 2.29. The van der Waals surface area contributed by atoms with E-state index in [2.05, 4.69) is 10.0 Å². The van der Waals surface area contributed by atoms with E-state index in [1.54, 1.807) is 0 Å². The average molecular weight is 187 g/mol. The van der Waals surface area contributed by atoms with Crippen molar-refractivity contribution in [3.8, 4) is 0 Å². The Bertz CT molecular complexity index is 254. The summed E-state index contributed by atoms with van der Waals surface area (Å²) in [7, 11) is 0. The maximum atomic E-state index is 9.32. The fourth-order valence-electron chi connectivity index (χ4n) is 1.65. The Kier molecular flexibility index (Phi) is 2.10. The minimum atomic E-state index is -1.24. The number of rotatable bonds is 1. The summed E-state index contributed by atoms with van der Waals surface area (Å²) in [5, 5.41) is 21.9. The summed E-state index contributed by atoms with van der Waals surface area (Å²) in [5.74, 6) is 0. The van der Waals surface area contributed by atoms with Crippen LogP contribution >= 0.6 is 0 Å². The second-order valence-electron chi connectivity index (χ2n) is 3.05. The number of hydrogen-bond donors (Lipinski definition) is 2. The van der Waals surface area contributed by atoms with Crippen LogP contribution in [0.1, 0.15) is 0 Å². The molecule has 2 saturated heterocycles. The number of aliphatic hydroxyl groups excluding tert-OH is 2. The maximum absolute atomic E-state index is 9.32. The van der Waals surface area contributed by atoms with Crippen molar-refractivity contribution in [1.29, 1.82) is 0 Å². The van der Waals surface area contributed by atoms with Crippen LogP contribution < -0.4 is 0 Å². The molecule has 0 aromatic rings. The van der Waals surface area contributed by atoms with Gasteiger partial charge in [0.05, 0.1) is 12.6 Å². The molecule has 0 saturated carbocycles. The molecule has 2 aliphatic rings. The fourth-order valence-corrected chi connectivity index (χ4v) is 1.65. The SMILES string of the molecule is [N-]=[N+]=N[C@@H]1CO[C@H]2[C@@H]1OC(O)[C@@H]2O. The van der Waals surface area contributed by atoms with Gasteiger partial charge in [-0.2, -0.15) is 0 Å². The van der Waals surface area contributed by atoms with E-state index >= 15 is 0 Å². The summed E-state index contributed by atoms with van der Waals surface area (Å²) < 4.78 is 10.1. The van der Waals surface area contributed by atoms with Crippen LogP contribution in [0.4, 0.5) is 0 Å². The quantitative estimate of drug-likeness (QED) is 0.316. The maximum Gasteiger partial charge on any atom is 0.183 e. The Morgan fingerprint density at radius 2 is 2.15 bits per heavy atom. The molecule has 2 fully saturated rings. The van der Waals surface area contributed by atoms with Gasteiger partial charge in [0.2, 0.25) is 0 Å². The molecule has 5 atom stereocenters. The monoisotopic (exact) mass is 187 g/mol. The fraction of sp³-hybridized carbons (Fsp3) is 1.00. The van der Waals surface area contributed by atoms with Gasteiger partial charge in [-0.05, 0) is 5.53 Å². The number of nitrogens with zero attached hydrogens (tertiary/aromatic N) is 3. The first-order chi connectivity index (χ1) is 6.24. The van der Waals surface area contributed by atoms with Gasteiger partial charge in [-0.3, -0.25) is 0 Å². The van der Waals surface area contributed by atoms with Gasteiger partial charge in [0.15, 0.2) is 6.29 Å². The lowest BCUT2D eigenvalue weighted by Crippen LogP contribution is -2.31. The number of hydrogen-bond acceptors (Lipinski definition) is 5. The zero-order valence-electron chi connectivity index (χ0n) is 6.65. The molecule has 2 heterocycles. The summed E-state index contributed by atoms with van der Waals surface area (Å²) in [6.07, 6.45) is -3.40. The van der Waals surface area contributed by atoms with Gasteiger partial charge in [0, 0.05) is 4.91 Å². The van der Waals surface area contributed by atoms with Gasteiger partial charge in [0.25, 0.3) is 0 Å². The van der Waals surface area contributed by atoms with Crippen LogP contribution in [0.25, 0.3) is 10.4 Å². The van der Waals surface area contributed by atoms with Crippen LogP contribution in [0.15, 0.2) is 5.11 Å². The van der Waals surface area contributed by atoms with Gasteiger partial charge < -0.3 is 19.7 Å². The van der Waals surface area contributed by atoms with Gasteiger partial charge in [-0.1, -0.05) is 5.11 Å². The lowest BCUT2D eigenvalue weighted by atomic mass is 10.1. The van der Waals surface area contributed by atoms with Gasteiger partial charge in [-0.25, -0.2) is 0 Å². The molecule has 0 amide bonds. The first-order valence-electron chi connectivity index (χ1n) is 3.91. The predicted octanol–water partition coefficient (Wildman–Crippen LogP) is -0.858. The molecule has 0 aliphatic carbocycles. The lowest BCUT2D eigenvalue weighted by Gasteiger charge is -2.10. The van der Waals surface area contributed by atoms with E-state index < -0.39 is 30.6 Å². The second kappa shape index (κ2) is 3.13. The lowest BCUT2D eigenvalue weighted by molar-refractivity contribution is -0.135. The molecular formula is C6H9N3O4. The summed E-state index contributed by atoms with van der Waals surface area (Å²) in [5.41, 5.74) is 8.20. The highest BCUT2D eigenvalue weighted by molar-refractivity contribution is 4.99. The predicted molar refractivity (Wildman–Crippen MR) is 39.6 cm³/mol. The zero-order chi connectivity index (χ0) is 9.42. The Labute approximate surface area is 73.5 Å². The van der Waals surface area contributed by atoms with Crippen molar-refractivity contribution in [2.45, 2.75) is 30.6 Å². The van der Waals surface area contributed by atoms with Crippen LogP contribution in [0.3, 0.4) is 0 Å². The summed E-state index contributed by atoms with van der Waals surface area (Å²) in [6, 6.07) is -0.457. The summed E-state index contributed by atoms with van der Waals surface area (Å²) >= 11 is 0. The molecule has 72 valence electrons. The Balaban J connectivity index is 2.13. The second-order valence-corrected chi connectivity index (χ2v) is 3.05. The first kappa shape index (κ1) is 8.74. The van der Waals surface area contributed by atoms with E-state index in [1.165, 1.54) is 0 Å². The van der Waals surface area contributed by atoms with Crippen LogP contribution in [-0.4, -0.2) is 47.5 Å². The molecule has 2 N–H and O–H groups in total. The first-order valence-corrected chi connectivity index (χ1v) is 3.91. The highest BCUT2D eigenvalue weighted by Gasteiger charge is 2.51. The Hall–Kier alpha value is -0.850. The van der Waals surface area contributed by atoms with Crippen LogP contribution in [0, 0.1) is 0 Å². The van der Waals surface area contributed by atoms with Crippen LogP contribution in [0.5, 0.6) is 0 Å². The third kappa shape index (κ3) is 1.27. The molecule has 13 heavy (non-hydrogen) atoms. The largest absolute Gasteiger partial charge is 0.385 e. The third-order valence-electron chi connectivity index (χ3n) is 2.29. The number of ether oxygens (including phenoxy) is 2. The van der Waals surface area contributed by atoms with Crippen molar-refractivity contribution < 1.29 is 19.7 Å². The number of azide groups is 1. The summed E-state index contributed by atoms with van der Waals surface area (Å²) in [6.45, 7) is 0.225. The Morgan fingerprint density at radius 3 is 2.85 bits per heavy atom. The van der Waals surface area contributed by atoms with Crippen molar-refractivity contribution in [3.63, 3.8) is 0 Å². The van der Waals surface area contributed by atoms with Crippen molar-refractivity contribution in [2.75, 3.05) is 6.61 Å². The molecule has 0 radical (unpaired) electrons. The molecule has 1 unspecified atom stereocenters. The summed E-state index contributed by atoms with van der Waals surface area (Å²) in [4.78, 5) is 2.63. The zero-order valence-corrected chi connectivity index (χ0v) is 6.65. The standard InChI is InChI=1S/C6H9N3O4/c7-9-8-2-1-12-5-3(10)6(11)13-4(2)5/h2-6,10-11H,1H2/t2-,3-,4-,5-,6?/m1/s1. The molecule has 2 rings (SSSR count). The van der Waals surface area contributed by atoms with E-state index in [1.807, 2.05) is 0 Å². The van der Waals surface area contributed by atoms with E-state index in [-0.39, 0.29) is 6.61 Å². The molecule has 0 aromatic carbocycles. The highest BCUT2D eigenvalue weighted by atomic mass is 16.7. The minimum Gasteiger partial charge on any atom is -0.385 e. The van der Waals surface area contributed by atoms with E-state index in [9.17, 15) is 5.11 Å². The topological polar surface area (TPSA) is 108 Å². The molecule has 0 spiro atoms. The van der Waals surface area contributed by atoms with Gasteiger partial charge in [-0.15, -0.1) is 0 Å². The molecule has 7 nitrogen and oxygen atoms in total. The molecule has 2 aliphatic heterocycles. The molecule has 0 bridgehead atoms. The van der Waals surface area contributed by atoms with Gasteiger partial charge >= 0.3 is 0 Å².